The number of aromatic nitrogens is 1. The Morgan fingerprint density at radius 2 is 1.89 bits per heavy atom. The molecule has 2 aliphatic rings. The molecule has 1 unspecified atom stereocenters. The fraction of sp³-hybridized carbons (Fsp3) is 0.300. The number of hydrogen-bond donors (Lipinski definition) is 3. The summed E-state index contributed by atoms with van der Waals surface area (Å²) < 4.78 is 0. The highest BCUT2D eigenvalue weighted by atomic mass is 16.2. The molecule has 28 heavy (non-hydrogen) atoms. The number of H-pyrrole nitrogens is 1. The van der Waals surface area contributed by atoms with Gasteiger partial charge in [-0.25, -0.2) is 4.79 Å². The minimum atomic E-state index is -1.12. The third-order valence-electron chi connectivity index (χ3n) is 5.35. The van der Waals surface area contributed by atoms with E-state index < -0.39 is 28.9 Å². The summed E-state index contributed by atoms with van der Waals surface area (Å²) >= 11 is 0. The molecule has 1 aromatic heterocycles. The van der Waals surface area contributed by atoms with E-state index in [2.05, 4.69) is 15.6 Å². The van der Waals surface area contributed by atoms with Crippen LogP contribution in [0.1, 0.15) is 28.9 Å². The highest BCUT2D eigenvalue weighted by molar-refractivity contribution is 6.07. The van der Waals surface area contributed by atoms with Gasteiger partial charge < -0.3 is 15.2 Å². The van der Waals surface area contributed by atoms with Crippen LogP contribution in [0.5, 0.6) is 0 Å². The zero-order chi connectivity index (χ0) is 19.9. The third kappa shape index (κ3) is 2.96. The lowest BCUT2D eigenvalue weighted by atomic mass is 9.89. The van der Waals surface area contributed by atoms with Crippen molar-refractivity contribution >= 4 is 17.8 Å². The number of carbonyl (C=O) groups is 3. The number of aryl methyl sites for hydroxylation is 1. The van der Waals surface area contributed by atoms with Gasteiger partial charge in [0.1, 0.15) is 11.1 Å². The van der Waals surface area contributed by atoms with Gasteiger partial charge in [-0.1, -0.05) is 30.3 Å². The first-order chi connectivity index (χ1) is 13.4. The molecule has 4 amide bonds. The molecular formula is C20H20N4O4. The lowest BCUT2D eigenvalue weighted by Gasteiger charge is -2.37. The van der Waals surface area contributed by atoms with Crippen molar-refractivity contribution in [3.63, 3.8) is 0 Å². The van der Waals surface area contributed by atoms with Crippen LogP contribution in [0.3, 0.4) is 0 Å². The molecule has 2 fully saturated rings. The molecule has 8 heteroatoms. The SMILES string of the molecule is Cc1[nH]c(=O)c(C(=O)N2CCCC3(C2)NC(=O)NC3=O)cc1-c1ccccc1. The summed E-state index contributed by atoms with van der Waals surface area (Å²) in [6.45, 7) is 2.24. The lowest BCUT2D eigenvalue weighted by molar-refractivity contribution is -0.125. The maximum Gasteiger partial charge on any atom is 0.322 e. The van der Waals surface area contributed by atoms with Crippen LogP contribution in [0, 0.1) is 6.92 Å². The van der Waals surface area contributed by atoms with Crippen molar-refractivity contribution in [1.82, 2.24) is 20.5 Å². The van der Waals surface area contributed by atoms with Crippen molar-refractivity contribution in [2.24, 2.45) is 0 Å². The van der Waals surface area contributed by atoms with Gasteiger partial charge in [0, 0.05) is 17.8 Å². The van der Waals surface area contributed by atoms with E-state index in [1.807, 2.05) is 30.3 Å². The van der Waals surface area contributed by atoms with Gasteiger partial charge in [0.2, 0.25) is 0 Å². The molecule has 8 nitrogen and oxygen atoms in total. The van der Waals surface area contributed by atoms with Crippen LogP contribution in [0.15, 0.2) is 41.2 Å². The maximum atomic E-state index is 13.1. The zero-order valence-corrected chi connectivity index (χ0v) is 15.4. The number of carbonyl (C=O) groups excluding carboxylic acids is 3. The first-order valence-electron chi connectivity index (χ1n) is 9.12. The van der Waals surface area contributed by atoms with Crippen LogP contribution < -0.4 is 16.2 Å². The topological polar surface area (TPSA) is 111 Å². The summed E-state index contributed by atoms with van der Waals surface area (Å²) in [5, 5.41) is 4.87. The second-order valence-electron chi connectivity index (χ2n) is 7.24. The van der Waals surface area contributed by atoms with Gasteiger partial charge in [-0.2, -0.15) is 0 Å². The third-order valence-corrected chi connectivity index (χ3v) is 5.35. The molecule has 1 aromatic carbocycles. The van der Waals surface area contributed by atoms with E-state index in [1.165, 1.54) is 4.90 Å². The average Bonchev–Trinajstić information content (AvgIpc) is 2.94. The van der Waals surface area contributed by atoms with E-state index in [0.29, 0.717) is 25.1 Å². The van der Waals surface area contributed by atoms with Crippen LogP contribution >= 0.6 is 0 Å². The number of hydrogen-bond acceptors (Lipinski definition) is 4. The van der Waals surface area contributed by atoms with Crippen molar-refractivity contribution < 1.29 is 14.4 Å². The molecule has 3 heterocycles. The van der Waals surface area contributed by atoms with E-state index in [1.54, 1.807) is 13.0 Å². The monoisotopic (exact) mass is 380 g/mol. The molecule has 0 saturated carbocycles. The summed E-state index contributed by atoms with van der Waals surface area (Å²) in [6.07, 6.45) is 1.00. The predicted molar refractivity (Wildman–Crippen MR) is 102 cm³/mol. The molecule has 144 valence electrons. The number of aromatic amines is 1. The van der Waals surface area contributed by atoms with Gasteiger partial charge in [-0.05, 0) is 31.4 Å². The van der Waals surface area contributed by atoms with Gasteiger partial charge >= 0.3 is 6.03 Å². The minimum absolute atomic E-state index is 0.0197. The van der Waals surface area contributed by atoms with Crippen LogP contribution in [-0.4, -0.2) is 46.4 Å². The molecule has 1 spiro atoms. The van der Waals surface area contributed by atoms with Gasteiger partial charge in [0.25, 0.3) is 17.4 Å². The van der Waals surface area contributed by atoms with E-state index in [9.17, 15) is 19.2 Å². The predicted octanol–water partition coefficient (Wildman–Crippen LogP) is 1.16. The first-order valence-corrected chi connectivity index (χ1v) is 9.12. The number of benzene rings is 1. The summed E-state index contributed by atoms with van der Waals surface area (Å²) in [5.74, 6) is -0.885. The van der Waals surface area contributed by atoms with Gasteiger partial charge in [-0.15, -0.1) is 0 Å². The Hall–Kier alpha value is -3.42. The van der Waals surface area contributed by atoms with Crippen LogP contribution in [0.25, 0.3) is 11.1 Å². The van der Waals surface area contributed by atoms with Crippen molar-refractivity contribution in [3.8, 4) is 11.1 Å². The lowest BCUT2D eigenvalue weighted by Crippen LogP contribution is -2.59. The molecule has 0 radical (unpaired) electrons. The number of piperidine rings is 1. The highest BCUT2D eigenvalue weighted by Crippen LogP contribution is 2.26. The van der Waals surface area contributed by atoms with Crippen LogP contribution in [0.4, 0.5) is 4.79 Å². The quantitative estimate of drug-likeness (QED) is 0.679. The average molecular weight is 380 g/mol. The largest absolute Gasteiger partial charge is 0.336 e. The molecule has 1 atom stereocenters. The number of nitrogens with one attached hydrogen (secondary N) is 3. The zero-order valence-electron chi connectivity index (χ0n) is 15.4. The Kier molecular flexibility index (Phi) is 4.26. The fourth-order valence-electron chi connectivity index (χ4n) is 3.91. The highest BCUT2D eigenvalue weighted by Gasteiger charge is 2.49. The minimum Gasteiger partial charge on any atom is -0.336 e. The van der Waals surface area contributed by atoms with Crippen LogP contribution in [0.2, 0.25) is 0 Å². The molecule has 2 saturated heterocycles. The Balaban J connectivity index is 1.67. The molecule has 2 aliphatic heterocycles. The van der Waals surface area contributed by atoms with Crippen molar-refractivity contribution in [2.45, 2.75) is 25.3 Å². The van der Waals surface area contributed by atoms with Gasteiger partial charge in [0.15, 0.2) is 0 Å². The van der Waals surface area contributed by atoms with Crippen LogP contribution in [-0.2, 0) is 4.79 Å². The molecule has 3 N–H and O–H groups in total. The number of urea groups is 1. The standard InChI is InChI=1S/C20H20N4O4/c1-12-14(13-6-3-2-4-7-13)10-15(16(25)21-12)17(26)24-9-5-8-20(11-24)18(27)22-19(28)23-20/h2-4,6-7,10H,5,8-9,11H2,1H3,(H,21,25)(H2,22,23,27,28). The van der Waals surface area contributed by atoms with Crippen molar-refractivity contribution in [3.05, 3.63) is 58.0 Å². The van der Waals surface area contributed by atoms with Crippen molar-refractivity contribution in [2.75, 3.05) is 13.1 Å². The van der Waals surface area contributed by atoms with E-state index in [0.717, 1.165) is 11.1 Å². The molecular weight excluding hydrogens is 360 g/mol. The number of pyridine rings is 1. The maximum absolute atomic E-state index is 13.1. The van der Waals surface area contributed by atoms with Crippen molar-refractivity contribution in [1.29, 1.82) is 0 Å². The van der Waals surface area contributed by atoms with Gasteiger partial charge in [-0.3, -0.25) is 19.7 Å². The second-order valence-corrected chi connectivity index (χ2v) is 7.24. The smallest absolute Gasteiger partial charge is 0.322 e. The number of rotatable bonds is 2. The van der Waals surface area contributed by atoms with E-state index in [-0.39, 0.29) is 12.1 Å². The number of likely N-dealkylation sites (tertiary alicyclic amines) is 1. The second kappa shape index (κ2) is 6.63. The first kappa shape index (κ1) is 18.0. The van der Waals surface area contributed by atoms with Gasteiger partial charge in [0.05, 0.1) is 6.54 Å². The molecule has 4 rings (SSSR count). The summed E-state index contributed by atoms with van der Waals surface area (Å²) in [7, 11) is 0. The van der Waals surface area contributed by atoms with E-state index >= 15 is 0 Å². The Morgan fingerprint density at radius 3 is 2.57 bits per heavy atom. The molecule has 0 aliphatic carbocycles. The Morgan fingerprint density at radius 1 is 1.14 bits per heavy atom. The number of amides is 4. The summed E-state index contributed by atoms with van der Waals surface area (Å²) in [5.41, 5.74) is 0.758. The molecule has 0 bridgehead atoms. The molecule has 2 aromatic rings. The normalized spacial score (nSPS) is 21.5. The summed E-state index contributed by atoms with van der Waals surface area (Å²) in [4.78, 5) is 53.6. The fourth-order valence-corrected chi connectivity index (χ4v) is 3.91. The summed E-state index contributed by atoms with van der Waals surface area (Å²) in [6, 6.07) is 10.5. The Labute approximate surface area is 160 Å². The Bertz CT molecular complexity index is 1030. The number of imide groups is 1. The number of nitrogens with zero attached hydrogens (tertiary/aromatic N) is 1. The van der Waals surface area contributed by atoms with E-state index in [4.69, 9.17) is 0 Å².